The van der Waals surface area contributed by atoms with Crippen molar-refractivity contribution in [1.82, 2.24) is 9.88 Å². The lowest BCUT2D eigenvalue weighted by Crippen LogP contribution is -2.36. The van der Waals surface area contributed by atoms with Gasteiger partial charge in [-0.15, -0.1) is 0 Å². The van der Waals surface area contributed by atoms with Crippen LogP contribution in [0.1, 0.15) is 22.5 Å². The summed E-state index contributed by atoms with van der Waals surface area (Å²) in [5, 5.41) is 12.5. The Bertz CT molecular complexity index is 1420. The standard InChI is InChI=1S/C28H27BrN4O4/c1-18-11-21(13-22(15-30)28(34)31-16-20-3-6-26-27(12-20)37-17-36-26)19(2)33(18)23-4-5-25(24(29)14-23)32-7-9-35-10-8-32/h3-6,11-14H,7-10,16-17H2,1-2H3,(H,31,34)/b22-13+. The maximum Gasteiger partial charge on any atom is 0.262 e. The molecule has 3 heterocycles. The van der Waals surface area contributed by atoms with Gasteiger partial charge in [0.1, 0.15) is 11.6 Å². The summed E-state index contributed by atoms with van der Waals surface area (Å²) < 4.78 is 19.3. The van der Waals surface area contributed by atoms with Crippen molar-refractivity contribution in [1.29, 1.82) is 5.26 Å². The third-order valence-electron chi connectivity index (χ3n) is 6.57. The summed E-state index contributed by atoms with van der Waals surface area (Å²) in [5.74, 6) is 0.910. The van der Waals surface area contributed by atoms with E-state index in [-0.39, 0.29) is 18.9 Å². The number of halogens is 1. The normalized spacial score (nSPS) is 15.0. The summed E-state index contributed by atoms with van der Waals surface area (Å²) in [6.45, 7) is 7.65. The van der Waals surface area contributed by atoms with Crippen LogP contribution in [0.2, 0.25) is 0 Å². The fraction of sp³-hybridized carbons (Fsp3) is 0.286. The molecule has 8 nitrogen and oxygen atoms in total. The van der Waals surface area contributed by atoms with Gasteiger partial charge in [-0.2, -0.15) is 5.26 Å². The van der Waals surface area contributed by atoms with Crippen molar-refractivity contribution >= 4 is 33.6 Å². The summed E-state index contributed by atoms with van der Waals surface area (Å²) in [6.07, 6.45) is 1.64. The van der Waals surface area contributed by atoms with Crippen LogP contribution in [-0.2, 0) is 16.1 Å². The Morgan fingerprint density at radius 1 is 1.11 bits per heavy atom. The molecule has 0 spiro atoms. The highest BCUT2D eigenvalue weighted by atomic mass is 79.9. The van der Waals surface area contributed by atoms with E-state index in [1.165, 1.54) is 0 Å². The predicted molar refractivity (Wildman–Crippen MR) is 144 cm³/mol. The Balaban J connectivity index is 1.34. The number of fused-ring (bicyclic) bond motifs is 1. The first-order valence-corrected chi connectivity index (χ1v) is 12.8. The van der Waals surface area contributed by atoms with E-state index < -0.39 is 5.91 Å². The molecule has 1 amide bonds. The second-order valence-electron chi connectivity index (χ2n) is 8.94. The predicted octanol–water partition coefficient (Wildman–Crippen LogP) is 4.65. The van der Waals surface area contributed by atoms with Gasteiger partial charge < -0.3 is 29.0 Å². The first-order chi connectivity index (χ1) is 17.9. The van der Waals surface area contributed by atoms with Gasteiger partial charge in [0, 0.05) is 41.2 Å². The second-order valence-corrected chi connectivity index (χ2v) is 9.79. The van der Waals surface area contributed by atoms with E-state index in [2.05, 4.69) is 48.9 Å². The summed E-state index contributed by atoms with van der Waals surface area (Å²) in [7, 11) is 0. The van der Waals surface area contributed by atoms with Crippen LogP contribution < -0.4 is 19.7 Å². The lowest BCUT2D eigenvalue weighted by atomic mass is 10.1. The van der Waals surface area contributed by atoms with Crippen molar-refractivity contribution in [2.75, 3.05) is 38.0 Å². The van der Waals surface area contributed by atoms with Crippen molar-refractivity contribution in [3.05, 3.63) is 75.0 Å². The molecular formula is C28H27BrN4O4. The van der Waals surface area contributed by atoms with Crippen molar-refractivity contribution < 1.29 is 19.0 Å². The zero-order chi connectivity index (χ0) is 25.9. The number of carbonyl (C=O) groups is 1. The molecule has 1 saturated heterocycles. The number of ether oxygens (including phenoxy) is 3. The minimum Gasteiger partial charge on any atom is -0.454 e. The third-order valence-corrected chi connectivity index (χ3v) is 7.20. The maximum atomic E-state index is 12.8. The van der Waals surface area contributed by atoms with Crippen molar-refractivity contribution in [3.8, 4) is 23.3 Å². The molecule has 0 atom stereocenters. The van der Waals surface area contributed by atoms with E-state index in [4.69, 9.17) is 14.2 Å². The van der Waals surface area contributed by atoms with Crippen LogP contribution in [0, 0.1) is 25.2 Å². The van der Waals surface area contributed by atoms with Gasteiger partial charge in [0.15, 0.2) is 11.5 Å². The fourth-order valence-electron chi connectivity index (χ4n) is 4.66. The van der Waals surface area contributed by atoms with Crippen LogP contribution in [0.5, 0.6) is 11.5 Å². The van der Waals surface area contributed by atoms with E-state index in [9.17, 15) is 10.1 Å². The Kier molecular flexibility index (Phi) is 7.22. The molecule has 3 aromatic rings. The quantitative estimate of drug-likeness (QED) is 0.347. The topological polar surface area (TPSA) is 88.8 Å². The SMILES string of the molecule is Cc1cc(/C=C(\C#N)C(=O)NCc2ccc3c(c2)OCO3)c(C)n1-c1ccc(N2CCOCC2)c(Br)c1. The number of nitriles is 1. The number of aromatic nitrogens is 1. The molecule has 1 N–H and O–H groups in total. The lowest BCUT2D eigenvalue weighted by molar-refractivity contribution is -0.117. The number of anilines is 1. The number of nitrogens with one attached hydrogen (secondary N) is 1. The Morgan fingerprint density at radius 3 is 2.65 bits per heavy atom. The molecule has 0 aliphatic carbocycles. The van der Waals surface area contributed by atoms with Gasteiger partial charge in [0.2, 0.25) is 6.79 Å². The monoisotopic (exact) mass is 562 g/mol. The van der Waals surface area contributed by atoms with Crippen LogP contribution in [0.15, 0.2) is 52.5 Å². The molecule has 1 fully saturated rings. The van der Waals surface area contributed by atoms with Gasteiger partial charge in [0.05, 0.1) is 18.9 Å². The number of nitrogens with zero attached hydrogens (tertiary/aromatic N) is 3. The van der Waals surface area contributed by atoms with Gasteiger partial charge >= 0.3 is 0 Å². The molecule has 2 aliphatic heterocycles. The molecule has 1 aromatic heterocycles. The lowest BCUT2D eigenvalue weighted by Gasteiger charge is -2.30. The second kappa shape index (κ2) is 10.7. The minimum absolute atomic E-state index is 0.0461. The average molecular weight is 563 g/mol. The Labute approximate surface area is 224 Å². The molecule has 0 unspecified atom stereocenters. The summed E-state index contributed by atoms with van der Waals surface area (Å²) >= 11 is 3.74. The molecule has 37 heavy (non-hydrogen) atoms. The minimum atomic E-state index is -0.428. The van der Waals surface area contributed by atoms with E-state index in [1.807, 2.05) is 44.2 Å². The molecule has 2 aromatic carbocycles. The zero-order valence-corrected chi connectivity index (χ0v) is 22.3. The summed E-state index contributed by atoms with van der Waals surface area (Å²) in [5.41, 5.74) is 5.82. The zero-order valence-electron chi connectivity index (χ0n) is 20.7. The molecule has 2 aliphatic rings. The fourth-order valence-corrected chi connectivity index (χ4v) is 5.28. The summed E-state index contributed by atoms with van der Waals surface area (Å²) in [6, 6.07) is 15.8. The number of hydrogen-bond acceptors (Lipinski definition) is 6. The molecule has 0 bridgehead atoms. The van der Waals surface area contributed by atoms with Gasteiger partial charge in [-0.05, 0) is 83.4 Å². The highest BCUT2D eigenvalue weighted by molar-refractivity contribution is 9.10. The smallest absolute Gasteiger partial charge is 0.262 e. The Hall–Kier alpha value is -3.74. The third kappa shape index (κ3) is 5.22. The van der Waals surface area contributed by atoms with Crippen LogP contribution in [0.25, 0.3) is 11.8 Å². The van der Waals surface area contributed by atoms with Crippen molar-refractivity contribution in [2.24, 2.45) is 0 Å². The molecule has 0 radical (unpaired) electrons. The maximum absolute atomic E-state index is 12.8. The largest absolute Gasteiger partial charge is 0.454 e. The first-order valence-electron chi connectivity index (χ1n) is 12.0. The summed E-state index contributed by atoms with van der Waals surface area (Å²) in [4.78, 5) is 15.1. The van der Waals surface area contributed by atoms with Gasteiger partial charge in [-0.1, -0.05) is 6.07 Å². The van der Waals surface area contributed by atoms with Crippen LogP contribution in [0.3, 0.4) is 0 Å². The number of morpholine rings is 1. The van der Waals surface area contributed by atoms with Gasteiger partial charge in [-0.25, -0.2) is 0 Å². The van der Waals surface area contributed by atoms with Crippen molar-refractivity contribution in [3.63, 3.8) is 0 Å². The van der Waals surface area contributed by atoms with E-state index in [1.54, 1.807) is 6.08 Å². The molecular weight excluding hydrogens is 536 g/mol. The van der Waals surface area contributed by atoms with Gasteiger partial charge in [0.25, 0.3) is 5.91 Å². The molecule has 0 saturated carbocycles. The number of amides is 1. The number of rotatable bonds is 6. The van der Waals surface area contributed by atoms with Gasteiger partial charge in [-0.3, -0.25) is 4.79 Å². The van der Waals surface area contributed by atoms with E-state index >= 15 is 0 Å². The number of carbonyl (C=O) groups excluding carboxylic acids is 1. The average Bonchev–Trinajstić information content (AvgIpc) is 3.49. The Morgan fingerprint density at radius 2 is 1.89 bits per heavy atom. The molecule has 9 heteroatoms. The van der Waals surface area contributed by atoms with E-state index in [0.29, 0.717) is 11.5 Å². The molecule has 190 valence electrons. The first kappa shape index (κ1) is 24.9. The molecule has 5 rings (SSSR count). The van der Waals surface area contributed by atoms with Crippen LogP contribution in [0.4, 0.5) is 5.69 Å². The highest BCUT2D eigenvalue weighted by Crippen LogP contribution is 2.33. The van der Waals surface area contributed by atoms with Crippen molar-refractivity contribution in [2.45, 2.75) is 20.4 Å². The number of hydrogen-bond donors (Lipinski definition) is 1. The van der Waals surface area contributed by atoms with Crippen LogP contribution in [-0.4, -0.2) is 43.6 Å². The number of benzene rings is 2. The number of aryl methyl sites for hydroxylation is 1. The van der Waals surface area contributed by atoms with E-state index in [0.717, 1.165) is 64.7 Å². The highest BCUT2D eigenvalue weighted by Gasteiger charge is 2.18. The van der Waals surface area contributed by atoms with Crippen LogP contribution >= 0.6 is 15.9 Å².